The number of amides is 2. The first kappa shape index (κ1) is 20.4. The van der Waals surface area contributed by atoms with Gasteiger partial charge in [-0.3, -0.25) is 14.5 Å². The smallest absolute Gasteiger partial charge is 0.241 e. The molecule has 2 unspecified atom stereocenters. The van der Waals surface area contributed by atoms with E-state index in [9.17, 15) is 9.59 Å². The highest BCUT2D eigenvalue weighted by molar-refractivity contribution is 5.96. The fourth-order valence-electron chi connectivity index (χ4n) is 3.11. The largest absolute Gasteiger partial charge is 0.325 e. The van der Waals surface area contributed by atoms with Gasteiger partial charge in [0.1, 0.15) is 0 Å². The van der Waals surface area contributed by atoms with Crippen LogP contribution in [-0.2, 0) is 9.59 Å². The molecule has 0 bridgehead atoms. The van der Waals surface area contributed by atoms with Gasteiger partial charge in [-0.05, 0) is 50.0 Å². The second-order valence-electron chi connectivity index (χ2n) is 7.22. The second-order valence-corrected chi connectivity index (χ2v) is 7.22. The number of nitrogens with two attached hydrogens (primary N) is 1. The molecule has 1 aromatic carbocycles. The molecule has 1 aliphatic rings. The first-order chi connectivity index (χ1) is 12.5. The van der Waals surface area contributed by atoms with Gasteiger partial charge in [0.2, 0.25) is 11.8 Å². The third-order valence-electron chi connectivity index (χ3n) is 5.04. The van der Waals surface area contributed by atoms with E-state index in [1.807, 2.05) is 26.0 Å². The number of nitrogens with zero attached hydrogens (tertiary/aromatic N) is 1. The molecule has 26 heavy (non-hydrogen) atoms. The van der Waals surface area contributed by atoms with E-state index in [4.69, 9.17) is 5.73 Å². The van der Waals surface area contributed by atoms with Crippen LogP contribution < -0.4 is 16.4 Å². The minimum Gasteiger partial charge on any atom is -0.325 e. The molecule has 1 aromatic rings. The molecule has 0 saturated carbocycles. The third kappa shape index (κ3) is 6.42. The summed E-state index contributed by atoms with van der Waals surface area (Å²) in [4.78, 5) is 26.7. The lowest BCUT2D eigenvalue weighted by Gasteiger charge is -2.19. The molecule has 2 atom stereocenters. The zero-order valence-electron chi connectivity index (χ0n) is 16.0. The van der Waals surface area contributed by atoms with Crippen LogP contribution in [0.3, 0.4) is 0 Å². The topological polar surface area (TPSA) is 87.5 Å². The Kier molecular flexibility index (Phi) is 8.06. The minimum atomic E-state index is -0.540. The van der Waals surface area contributed by atoms with Crippen LogP contribution in [0.5, 0.6) is 0 Å². The van der Waals surface area contributed by atoms with E-state index in [0.29, 0.717) is 17.9 Å². The maximum absolute atomic E-state index is 12.3. The Hall–Kier alpha value is -1.92. The molecule has 0 aromatic heterocycles. The highest BCUT2D eigenvalue weighted by Crippen LogP contribution is 2.17. The lowest BCUT2D eigenvalue weighted by atomic mass is 9.99. The molecule has 2 amide bonds. The van der Waals surface area contributed by atoms with Crippen molar-refractivity contribution in [3.8, 4) is 0 Å². The molecule has 6 nitrogen and oxygen atoms in total. The Labute approximate surface area is 156 Å². The van der Waals surface area contributed by atoms with E-state index in [0.717, 1.165) is 32.4 Å². The van der Waals surface area contributed by atoms with E-state index in [1.165, 1.54) is 12.8 Å². The molecule has 144 valence electrons. The monoisotopic (exact) mass is 360 g/mol. The van der Waals surface area contributed by atoms with Gasteiger partial charge in [0.15, 0.2) is 0 Å². The van der Waals surface area contributed by atoms with Gasteiger partial charge < -0.3 is 16.4 Å². The quantitative estimate of drug-likeness (QED) is 0.698. The first-order valence-electron chi connectivity index (χ1n) is 9.68. The van der Waals surface area contributed by atoms with Gasteiger partial charge in [0.25, 0.3) is 0 Å². The predicted octanol–water partition coefficient (Wildman–Crippen LogP) is 2.81. The Morgan fingerprint density at radius 1 is 1.12 bits per heavy atom. The SMILES string of the molecule is CCC(C)C(N)C(=O)Nc1cccc(NC(=O)CN2CCCCCC2)c1. The molecule has 1 aliphatic heterocycles. The van der Waals surface area contributed by atoms with E-state index >= 15 is 0 Å². The van der Waals surface area contributed by atoms with Crippen LogP contribution in [0.15, 0.2) is 24.3 Å². The summed E-state index contributed by atoms with van der Waals surface area (Å²) in [5.74, 6) is -0.106. The lowest BCUT2D eigenvalue weighted by Crippen LogP contribution is -2.40. The Bertz CT molecular complexity index is 597. The van der Waals surface area contributed by atoms with Gasteiger partial charge in [-0.15, -0.1) is 0 Å². The summed E-state index contributed by atoms with van der Waals surface area (Å²) >= 11 is 0. The number of rotatable bonds is 7. The lowest BCUT2D eigenvalue weighted by molar-refractivity contribution is -0.118. The van der Waals surface area contributed by atoms with Crippen molar-refractivity contribution < 1.29 is 9.59 Å². The summed E-state index contributed by atoms with van der Waals surface area (Å²) in [6, 6.07) is 6.66. The zero-order valence-corrected chi connectivity index (χ0v) is 16.0. The van der Waals surface area contributed by atoms with E-state index in [-0.39, 0.29) is 17.7 Å². The van der Waals surface area contributed by atoms with Crippen molar-refractivity contribution in [3.63, 3.8) is 0 Å². The van der Waals surface area contributed by atoms with Gasteiger partial charge in [0, 0.05) is 11.4 Å². The number of likely N-dealkylation sites (tertiary alicyclic amines) is 1. The summed E-state index contributed by atoms with van der Waals surface area (Å²) in [5, 5.41) is 5.76. The number of carbonyl (C=O) groups excluding carboxylic acids is 2. The average Bonchev–Trinajstić information content (AvgIpc) is 2.89. The number of nitrogens with one attached hydrogen (secondary N) is 2. The van der Waals surface area contributed by atoms with Crippen molar-refractivity contribution in [3.05, 3.63) is 24.3 Å². The molecule has 1 fully saturated rings. The third-order valence-corrected chi connectivity index (χ3v) is 5.04. The van der Waals surface area contributed by atoms with Crippen LogP contribution in [0, 0.1) is 5.92 Å². The van der Waals surface area contributed by atoms with Crippen LogP contribution in [-0.4, -0.2) is 42.4 Å². The highest BCUT2D eigenvalue weighted by atomic mass is 16.2. The summed E-state index contributed by atoms with van der Waals surface area (Å²) in [6.45, 7) is 6.35. The Morgan fingerprint density at radius 2 is 1.73 bits per heavy atom. The first-order valence-corrected chi connectivity index (χ1v) is 9.68. The molecular formula is C20H32N4O2. The zero-order chi connectivity index (χ0) is 18.9. The standard InChI is InChI=1S/C20H32N4O2/c1-3-15(2)19(21)20(26)23-17-10-8-9-16(13-17)22-18(25)14-24-11-6-4-5-7-12-24/h8-10,13,15,19H,3-7,11-12,14,21H2,1-2H3,(H,22,25)(H,23,26). The number of benzene rings is 1. The molecule has 4 N–H and O–H groups in total. The summed E-state index contributed by atoms with van der Waals surface area (Å²) in [5.41, 5.74) is 7.29. The summed E-state index contributed by atoms with van der Waals surface area (Å²) in [6.07, 6.45) is 5.66. The summed E-state index contributed by atoms with van der Waals surface area (Å²) in [7, 11) is 0. The molecule has 0 spiro atoms. The summed E-state index contributed by atoms with van der Waals surface area (Å²) < 4.78 is 0. The van der Waals surface area contributed by atoms with Crippen LogP contribution in [0.4, 0.5) is 11.4 Å². The van der Waals surface area contributed by atoms with Crippen LogP contribution in [0.2, 0.25) is 0 Å². The highest BCUT2D eigenvalue weighted by Gasteiger charge is 2.19. The van der Waals surface area contributed by atoms with Gasteiger partial charge in [-0.2, -0.15) is 0 Å². The molecule has 1 saturated heterocycles. The minimum absolute atomic E-state index is 0.0216. The number of anilines is 2. The van der Waals surface area contributed by atoms with E-state index in [2.05, 4.69) is 15.5 Å². The number of hydrogen-bond acceptors (Lipinski definition) is 4. The fraction of sp³-hybridized carbons (Fsp3) is 0.600. The molecule has 6 heteroatoms. The van der Waals surface area contributed by atoms with Gasteiger partial charge in [-0.1, -0.05) is 39.2 Å². The Morgan fingerprint density at radius 3 is 2.35 bits per heavy atom. The Balaban J connectivity index is 1.89. The van der Waals surface area contributed by atoms with Crippen molar-refractivity contribution in [2.75, 3.05) is 30.3 Å². The normalized spacial score (nSPS) is 17.8. The van der Waals surface area contributed by atoms with Crippen LogP contribution >= 0.6 is 0 Å². The maximum Gasteiger partial charge on any atom is 0.241 e. The van der Waals surface area contributed by atoms with Crippen molar-refractivity contribution >= 4 is 23.2 Å². The van der Waals surface area contributed by atoms with Gasteiger partial charge >= 0.3 is 0 Å². The van der Waals surface area contributed by atoms with Crippen molar-refractivity contribution in [1.29, 1.82) is 0 Å². The van der Waals surface area contributed by atoms with Gasteiger partial charge in [-0.25, -0.2) is 0 Å². The predicted molar refractivity (Wildman–Crippen MR) is 106 cm³/mol. The molecule has 1 heterocycles. The van der Waals surface area contributed by atoms with Gasteiger partial charge in [0.05, 0.1) is 12.6 Å². The maximum atomic E-state index is 12.3. The molecule has 0 radical (unpaired) electrons. The van der Waals surface area contributed by atoms with E-state index in [1.54, 1.807) is 12.1 Å². The van der Waals surface area contributed by atoms with Crippen molar-refractivity contribution in [1.82, 2.24) is 4.90 Å². The van der Waals surface area contributed by atoms with Crippen molar-refractivity contribution in [2.45, 2.75) is 52.0 Å². The van der Waals surface area contributed by atoms with E-state index < -0.39 is 6.04 Å². The molecule has 0 aliphatic carbocycles. The number of hydrogen-bond donors (Lipinski definition) is 3. The molecular weight excluding hydrogens is 328 g/mol. The average molecular weight is 361 g/mol. The second kappa shape index (κ2) is 10.3. The van der Waals surface area contributed by atoms with Crippen molar-refractivity contribution in [2.24, 2.45) is 11.7 Å². The van der Waals surface area contributed by atoms with Crippen LogP contribution in [0.25, 0.3) is 0 Å². The fourth-order valence-corrected chi connectivity index (χ4v) is 3.11. The number of carbonyl (C=O) groups is 2. The molecule has 2 rings (SSSR count). The van der Waals surface area contributed by atoms with Crippen LogP contribution in [0.1, 0.15) is 46.0 Å².